The summed E-state index contributed by atoms with van der Waals surface area (Å²) in [6.45, 7) is 4.33. The largest absolute Gasteiger partial charge is 0.486 e. The molecule has 2 aromatic carbocycles. The number of hydrogen-bond donors (Lipinski definition) is 2. The highest BCUT2D eigenvalue weighted by Crippen LogP contribution is 2.39. The van der Waals surface area contributed by atoms with Gasteiger partial charge in [0.25, 0.3) is 5.91 Å². The first-order chi connectivity index (χ1) is 15.5. The first-order valence-corrected chi connectivity index (χ1v) is 12.0. The van der Waals surface area contributed by atoms with Crippen LogP contribution in [0.5, 0.6) is 5.75 Å². The summed E-state index contributed by atoms with van der Waals surface area (Å²) in [5.41, 5.74) is -0.640. The maximum absolute atomic E-state index is 13.2. The van der Waals surface area contributed by atoms with Gasteiger partial charge in [0.15, 0.2) is 0 Å². The molecule has 0 spiro atoms. The van der Waals surface area contributed by atoms with Crippen molar-refractivity contribution in [2.75, 3.05) is 10.8 Å². The summed E-state index contributed by atoms with van der Waals surface area (Å²) in [5.74, 6) is -0.255. The molecule has 0 fully saturated rings. The van der Waals surface area contributed by atoms with E-state index in [1.807, 2.05) is 0 Å². The number of nitrogens with zero attached hydrogens (tertiary/aromatic N) is 1. The predicted octanol–water partition coefficient (Wildman–Crippen LogP) is 2.59. The van der Waals surface area contributed by atoms with Crippen molar-refractivity contribution in [3.8, 4) is 5.75 Å². The summed E-state index contributed by atoms with van der Waals surface area (Å²) >= 11 is 0. The van der Waals surface area contributed by atoms with Crippen LogP contribution in [-0.2, 0) is 26.2 Å². The molecule has 2 N–H and O–H groups in total. The van der Waals surface area contributed by atoms with Crippen LogP contribution < -0.4 is 14.4 Å². The van der Waals surface area contributed by atoms with Crippen LogP contribution in [0.4, 0.5) is 10.5 Å². The molecule has 178 valence electrons. The Kier molecular flexibility index (Phi) is 7.28. The average Bonchev–Trinajstić information content (AvgIpc) is 2.77. The fourth-order valence-electron chi connectivity index (χ4n) is 3.43. The number of amides is 1. The number of ether oxygens (including phenoxy) is 2. The van der Waals surface area contributed by atoms with Gasteiger partial charge in [-0.25, -0.2) is 4.79 Å². The molecule has 1 aliphatic rings. The molecule has 2 atom stereocenters. The molecule has 0 bridgehead atoms. The zero-order valence-corrected chi connectivity index (χ0v) is 19.5. The highest BCUT2D eigenvalue weighted by Gasteiger charge is 2.43. The van der Waals surface area contributed by atoms with Gasteiger partial charge >= 0.3 is 15.3 Å². The van der Waals surface area contributed by atoms with E-state index in [2.05, 4.69) is 5.32 Å². The molecule has 0 aromatic heterocycles. The second-order valence-electron chi connectivity index (χ2n) is 8.29. The van der Waals surface area contributed by atoms with Gasteiger partial charge in [-0.15, -0.1) is 0 Å². The minimum Gasteiger partial charge on any atom is -0.486 e. The fourth-order valence-corrected chi connectivity index (χ4v) is 4.79. The van der Waals surface area contributed by atoms with E-state index in [0.717, 1.165) is 4.31 Å². The Bertz CT molecular complexity index is 1100. The predicted molar refractivity (Wildman–Crippen MR) is 122 cm³/mol. The van der Waals surface area contributed by atoms with Crippen LogP contribution in [-0.4, -0.2) is 49.0 Å². The fraction of sp³-hybridized carbons (Fsp3) is 0.391. The third-order valence-corrected chi connectivity index (χ3v) is 6.81. The average molecular weight is 477 g/mol. The normalized spacial score (nSPS) is 18.1. The van der Waals surface area contributed by atoms with Gasteiger partial charge in [-0.3, -0.25) is 9.10 Å². The molecule has 3 rings (SSSR count). The molecule has 1 heterocycles. The lowest BCUT2D eigenvalue weighted by atomic mass is 10.1. The molecule has 0 aliphatic carbocycles. The second-order valence-corrected chi connectivity index (χ2v) is 9.97. The van der Waals surface area contributed by atoms with Crippen molar-refractivity contribution in [3.63, 3.8) is 0 Å². The lowest BCUT2D eigenvalue weighted by molar-refractivity contribution is -0.136. The van der Waals surface area contributed by atoms with Crippen molar-refractivity contribution in [2.24, 2.45) is 0 Å². The van der Waals surface area contributed by atoms with E-state index in [4.69, 9.17) is 9.47 Å². The molecule has 1 aliphatic heterocycles. The van der Waals surface area contributed by atoms with Gasteiger partial charge in [-0.2, -0.15) is 8.42 Å². The molecule has 1 unspecified atom stereocenters. The van der Waals surface area contributed by atoms with Gasteiger partial charge in [0.1, 0.15) is 24.1 Å². The molecule has 0 saturated carbocycles. The van der Waals surface area contributed by atoms with Crippen LogP contribution in [0.25, 0.3) is 0 Å². The summed E-state index contributed by atoms with van der Waals surface area (Å²) in [5, 5.41) is 11.0. The van der Waals surface area contributed by atoms with Crippen molar-refractivity contribution in [3.05, 3.63) is 60.2 Å². The molecule has 0 radical (unpaired) electrons. The van der Waals surface area contributed by atoms with Gasteiger partial charge in [0.2, 0.25) is 0 Å². The van der Waals surface area contributed by atoms with E-state index in [1.165, 1.54) is 13.8 Å². The number of rotatable bonds is 7. The summed E-state index contributed by atoms with van der Waals surface area (Å²) in [4.78, 5) is 24.6. The van der Waals surface area contributed by atoms with Crippen molar-refractivity contribution < 1.29 is 32.6 Å². The number of anilines is 1. The third-order valence-electron chi connectivity index (χ3n) is 5.23. The van der Waals surface area contributed by atoms with Gasteiger partial charge < -0.3 is 19.9 Å². The number of carbonyl (C=O) groups excluding carboxylic acids is 2. The number of sulfonamides is 1. The van der Waals surface area contributed by atoms with Crippen LogP contribution in [0, 0.1) is 0 Å². The number of nitrogens with one attached hydrogen (secondary N) is 1. The molecule has 10 heteroatoms. The molecule has 9 nitrogen and oxygen atoms in total. The number of para-hydroxylation sites is 2. The standard InChI is InChI=1S/C23H28N2O7S/c1-16-19(13-14-24-21(26)23(2,3)28)32-20-12-8-7-11-18(20)25(16)33(29,30)22(27)31-15-17-9-5-4-6-10-17/h4-12,16,19,28H,13-15H2,1-3H3,(H,24,26)/t16-,19?/m1/s1. The zero-order valence-electron chi connectivity index (χ0n) is 18.7. The maximum Gasteiger partial charge on any atom is 0.445 e. The van der Waals surface area contributed by atoms with E-state index in [0.29, 0.717) is 11.3 Å². The topological polar surface area (TPSA) is 122 Å². The molecule has 2 aromatic rings. The molecular weight excluding hydrogens is 448 g/mol. The van der Waals surface area contributed by atoms with Crippen molar-refractivity contribution in [1.29, 1.82) is 0 Å². The van der Waals surface area contributed by atoms with E-state index in [9.17, 15) is 23.1 Å². The SMILES string of the molecule is C[C@@H]1C(CCNC(=O)C(C)(C)O)Oc2ccccc2N1S(=O)(=O)C(=O)OCc1ccccc1. The number of carbonyl (C=O) groups is 2. The quantitative estimate of drug-likeness (QED) is 0.589. The molecular formula is C23H28N2O7S. The van der Waals surface area contributed by atoms with Crippen LogP contribution >= 0.6 is 0 Å². The number of fused-ring (bicyclic) bond motifs is 1. The summed E-state index contributed by atoms with van der Waals surface area (Å²) < 4.78 is 38.6. The Morgan fingerprint density at radius 2 is 1.76 bits per heavy atom. The van der Waals surface area contributed by atoms with Crippen molar-refractivity contribution >= 4 is 26.9 Å². The lowest BCUT2D eigenvalue weighted by Crippen LogP contribution is -2.53. The Labute approximate surface area is 193 Å². The van der Waals surface area contributed by atoms with E-state index < -0.39 is 39.0 Å². The summed E-state index contributed by atoms with van der Waals surface area (Å²) in [6.07, 6.45) is -0.402. The lowest BCUT2D eigenvalue weighted by Gasteiger charge is -2.40. The number of hydrogen-bond acceptors (Lipinski definition) is 7. The Hall–Kier alpha value is -3.11. The van der Waals surface area contributed by atoms with Crippen LogP contribution in [0.15, 0.2) is 54.6 Å². The van der Waals surface area contributed by atoms with Crippen LogP contribution in [0.2, 0.25) is 0 Å². The number of benzene rings is 2. The van der Waals surface area contributed by atoms with Crippen LogP contribution in [0.3, 0.4) is 0 Å². The van der Waals surface area contributed by atoms with Crippen molar-refractivity contribution in [1.82, 2.24) is 5.32 Å². The monoisotopic (exact) mass is 476 g/mol. The highest BCUT2D eigenvalue weighted by atomic mass is 32.2. The molecule has 33 heavy (non-hydrogen) atoms. The van der Waals surface area contributed by atoms with Gasteiger partial charge in [0, 0.05) is 13.0 Å². The first kappa shape index (κ1) is 24.5. The van der Waals surface area contributed by atoms with E-state index in [-0.39, 0.29) is 25.3 Å². The summed E-state index contributed by atoms with van der Waals surface area (Å²) in [7, 11) is -4.53. The Balaban J connectivity index is 1.78. The van der Waals surface area contributed by atoms with Gasteiger partial charge in [-0.05, 0) is 38.5 Å². The number of aliphatic hydroxyl groups is 1. The van der Waals surface area contributed by atoms with Gasteiger partial charge in [-0.1, -0.05) is 42.5 Å². The van der Waals surface area contributed by atoms with Crippen LogP contribution in [0.1, 0.15) is 32.8 Å². The molecule has 0 saturated heterocycles. The maximum atomic E-state index is 13.2. The Morgan fingerprint density at radius 3 is 2.42 bits per heavy atom. The molecule has 1 amide bonds. The Morgan fingerprint density at radius 1 is 1.12 bits per heavy atom. The highest BCUT2D eigenvalue weighted by molar-refractivity contribution is 8.06. The zero-order chi connectivity index (χ0) is 24.2. The van der Waals surface area contributed by atoms with Crippen molar-refractivity contribution in [2.45, 2.75) is 51.5 Å². The smallest absolute Gasteiger partial charge is 0.445 e. The third kappa shape index (κ3) is 5.63. The minimum atomic E-state index is -4.53. The first-order valence-electron chi connectivity index (χ1n) is 10.5. The van der Waals surface area contributed by atoms with Gasteiger partial charge in [0.05, 0.1) is 11.7 Å². The summed E-state index contributed by atoms with van der Waals surface area (Å²) in [6, 6.07) is 14.5. The second kappa shape index (κ2) is 9.80. The van der Waals surface area contributed by atoms with E-state index in [1.54, 1.807) is 61.5 Å². The minimum absolute atomic E-state index is 0.145. The van der Waals surface area contributed by atoms with E-state index >= 15 is 0 Å².